The van der Waals surface area contributed by atoms with E-state index >= 15 is 0 Å². The van der Waals surface area contributed by atoms with Crippen molar-refractivity contribution in [2.75, 3.05) is 6.54 Å². The lowest BCUT2D eigenvalue weighted by Gasteiger charge is -2.34. The lowest BCUT2D eigenvalue weighted by Crippen LogP contribution is -2.46. The highest BCUT2D eigenvalue weighted by atomic mass is 19.4. The molecule has 5 rings (SSSR count). The van der Waals surface area contributed by atoms with Gasteiger partial charge >= 0.3 is 12.3 Å². The van der Waals surface area contributed by atoms with E-state index in [-0.39, 0.29) is 42.3 Å². The Bertz CT molecular complexity index is 1390. The minimum Gasteiger partial charge on any atom is -0.471 e. The van der Waals surface area contributed by atoms with Gasteiger partial charge in [0.2, 0.25) is 11.8 Å². The van der Waals surface area contributed by atoms with E-state index in [2.05, 4.69) is 9.72 Å². The Kier molecular flexibility index (Phi) is 9.09. The molecule has 240 valence electrons. The molecule has 0 N–H and O–H groups in total. The van der Waals surface area contributed by atoms with Gasteiger partial charge in [-0.05, 0) is 55.6 Å². The standard InChI is InChI=1S/C32H40F3N3O6/c1-5-20-25(17-39)38-16-27(20)43-29-23(36-22-12-11-19(14-24(22)37-29)44-32(33,34)35)10-8-6-7-9-18-13-26(18)42-28(40)15-21(30(38)41)31(2,3)4/h11-12,14,17-18,20-21,25-27H,5-10,13,15-16H2,1-4H3/t18-,20+,21-,25-,26-,27+/m1/s1. The number of benzene rings is 1. The van der Waals surface area contributed by atoms with E-state index in [1.807, 2.05) is 27.7 Å². The highest BCUT2D eigenvalue weighted by molar-refractivity contribution is 5.87. The molecular weight excluding hydrogens is 579 g/mol. The monoisotopic (exact) mass is 619 g/mol. The highest BCUT2D eigenvalue weighted by Gasteiger charge is 2.49. The van der Waals surface area contributed by atoms with E-state index in [0.29, 0.717) is 30.0 Å². The zero-order valence-corrected chi connectivity index (χ0v) is 25.6. The Morgan fingerprint density at radius 2 is 1.82 bits per heavy atom. The molecule has 12 heteroatoms. The first-order valence-corrected chi connectivity index (χ1v) is 15.5. The van der Waals surface area contributed by atoms with Crippen molar-refractivity contribution in [1.29, 1.82) is 0 Å². The van der Waals surface area contributed by atoms with Gasteiger partial charge in [-0.3, -0.25) is 9.59 Å². The molecule has 1 saturated carbocycles. The minimum atomic E-state index is -4.86. The second-order valence-electron chi connectivity index (χ2n) is 13.3. The second kappa shape index (κ2) is 12.5. The van der Waals surface area contributed by atoms with Crippen LogP contribution in [-0.4, -0.2) is 64.2 Å². The van der Waals surface area contributed by atoms with Gasteiger partial charge in [0.05, 0.1) is 36.0 Å². The molecule has 1 aliphatic carbocycles. The van der Waals surface area contributed by atoms with Gasteiger partial charge in [0.25, 0.3) is 0 Å². The number of rotatable bonds is 3. The van der Waals surface area contributed by atoms with Crippen molar-refractivity contribution in [2.24, 2.45) is 23.2 Å². The Labute approximate surface area is 254 Å². The highest BCUT2D eigenvalue weighted by Crippen LogP contribution is 2.41. The summed E-state index contributed by atoms with van der Waals surface area (Å²) >= 11 is 0. The molecule has 1 saturated heterocycles. The molecule has 1 aromatic carbocycles. The second-order valence-corrected chi connectivity index (χ2v) is 13.3. The zero-order chi connectivity index (χ0) is 31.8. The molecule has 0 radical (unpaired) electrons. The smallest absolute Gasteiger partial charge is 0.471 e. The van der Waals surface area contributed by atoms with Crippen molar-refractivity contribution < 1.29 is 41.8 Å². The molecule has 2 aliphatic heterocycles. The van der Waals surface area contributed by atoms with Gasteiger partial charge in [-0.2, -0.15) is 0 Å². The fraction of sp³-hybridized carbons (Fsp3) is 0.656. The van der Waals surface area contributed by atoms with Crippen LogP contribution in [0, 0.1) is 23.2 Å². The van der Waals surface area contributed by atoms with E-state index in [1.54, 1.807) is 0 Å². The number of hydrogen-bond donors (Lipinski definition) is 0. The van der Waals surface area contributed by atoms with Gasteiger partial charge in [-0.15, -0.1) is 13.2 Å². The van der Waals surface area contributed by atoms with Crippen molar-refractivity contribution in [3.05, 3.63) is 23.9 Å². The molecule has 0 unspecified atom stereocenters. The number of nitrogens with zero attached hydrogens (tertiary/aromatic N) is 3. The largest absolute Gasteiger partial charge is 0.573 e. The quantitative estimate of drug-likeness (QED) is 0.313. The van der Waals surface area contributed by atoms with Crippen LogP contribution < -0.4 is 9.47 Å². The molecule has 2 bridgehead atoms. The molecule has 6 atom stereocenters. The van der Waals surface area contributed by atoms with Crippen LogP contribution in [0.15, 0.2) is 18.2 Å². The van der Waals surface area contributed by atoms with Crippen molar-refractivity contribution in [2.45, 2.75) is 104 Å². The predicted molar refractivity (Wildman–Crippen MR) is 154 cm³/mol. The SMILES string of the molecule is CC[C@@H]1[C@@H]2CN(C(=O)[C@H](C(C)(C)C)CC(=O)O[C@@H]3C[C@H]3CCCCCc3nc4ccc(OC(F)(F)F)cc4nc3O2)[C@@H]1C=O. The summed E-state index contributed by atoms with van der Waals surface area (Å²) in [4.78, 5) is 50.3. The number of halogens is 3. The molecule has 1 aromatic heterocycles. The molecule has 44 heavy (non-hydrogen) atoms. The van der Waals surface area contributed by atoms with Crippen LogP contribution in [0.25, 0.3) is 11.0 Å². The number of carbonyl (C=O) groups excluding carboxylic acids is 3. The molecule has 9 nitrogen and oxygen atoms in total. The first kappa shape index (κ1) is 32.0. The van der Waals surface area contributed by atoms with Gasteiger partial charge in [0.1, 0.15) is 29.9 Å². The lowest BCUT2D eigenvalue weighted by atomic mass is 9.77. The Balaban J connectivity index is 1.51. The third-order valence-corrected chi connectivity index (χ3v) is 9.06. The average molecular weight is 620 g/mol. The number of amides is 1. The van der Waals surface area contributed by atoms with Crippen LogP contribution in [0.1, 0.15) is 78.3 Å². The topological polar surface area (TPSA) is 108 Å². The number of aldehydes is 1. The first-order valence-electron chi connectivity index (χ1n) is 15.5. The summed E-state index contributed by atoms with van der Waals surface area (Å²) in [6.07, 6.45) is 0.441. The van der Waals surface area contributed by atoms with Gasteiger partial charge in [-0.25, -0.2) is 9.97 Å². The van der Waals surface area contributed by atoms with Crippen LogP contribution in [0.4, 0.5) is 13.2 Å². The molecule has 2 fully saturated rings. The van der Waals surface area contributed by atoms with Crippen LogP contribution in [-0.2, 0) is 25.5 Å². The molecule has 2 aromatic rings. The maximum absolute atomic E-state index is 14.1. The summed E-state index contributed by atoms with van der Waals surface area (Å²) in [5.41, 5.74) is 0.558. The van der Waals surface area contributed by atoms with Gasteiger partial charge in [-0.1, -0.05) is 40.5 Å². The van der Waals surface area contributed by atoms with E-state index in [0.717, 1.165) is 38.4 Å². The van der Waals surface area contributed by atoms with Crippen LogP contribution in [0.3, 0.4) is 0 Å². The van der Waals surface area contributed by atoms with Crippen LogP contribution in [0.5, 0.6) is 11.6 Å². The summed E-state index contributed by atoms with van der Waals surface area (Å²) in [7, 11) is 0. The van der Waals surface area contributed by atoms with E-state index in [9.17, 15) is 27.6 Å². The number of hydrogen-bond acceptors (Lipinski definition) is 8. The van der Waals surface area contributed by atoms with Crippen LogP contribution in [0.2, 0.25) is 0 Å². The number of esters is 1. The molecule has 3 heterocycles. The number of fused-ring (bicyclic) bond motifs is 5. The summed E-state index contributed by atoms with van der Waals surface area (Å²) in [6, 6.07) is 3.02. The summed E-state index contributed by atoms with van der Waals surface area (Å²) in [6.45, 7) is 7.65. The maximum Gasteiger partial charge on any atom is 0.573 e. The molecule has 1 amide bonds. The molecular formula is C32H40F3N3O6. The number of alkyl halides is 3. The van der Waals surface area contributed by atoms with Crippen molar-refractivity contribution in [1.82, 2.24) is 14.9 Å². The first-order chi connectivity index (χ1) is 20.8. The summed E-state index contributed by atoms with van der Waals surface area (Å²) < 4.78 is 55.0. The van der Waals surface area contributed by atoms with Gasteiger partial charge < -0.3 is 23.9 Å². The Hall–Kier alpha value is -3.44. The van der Waals surface area contributed by atoms with Crippen molar-refractivity contribution >= 4 is 29.2 Å². The summed E-state index contributed by atoms with van der Waals surface area (Å²) in [5, 5.41) is 0. The number of carbonyl (C=O) groups is 3. The van der Waals surface area contributed by atoms with Gasteiger partial charge in [0.15, 0.2) is 0 Å². The lowest BCUT2D eigenvalue weighted by molar-refractivity contribution is -0.274. The fourth-order valence-electron chi connectivity index (χ4n) is 6.49. The third-order valence-electron chi connectivity index (χ3n) is 9.06. The van der Waals surface area contributed by atoms with E-state index in [1.165, 1.54) is 23.1 Å². The minimum absolute atomic E-state index is 0.0847. The third kappa shape index (κ3) is 7.26. The molecule has 0 spiro atoms. The van der Waals surface area contributed by atoms with Gasteiger partial charge in [0, 0.05) is 12.0 Å². The molecule has 3 aliphatic rings. The number of ether oxygens (including phenoxy) is 3. The van der Waals surface area contributed by atoms with E-state index in [4.69, 9.17) is 14.5 Å². The maximum atomic E-state index is 14.1. The normalized spacial score (nSPS) is 28.7. The number of aromatic nitrogens is 2. The Morgan fingerprint density at radius 3 is 2.50 bits per heavy atom. The van der Waals surface area contributed by atoms with Crippen molar-refractivity contribution in [3.8, 4) is 11.6 Å². The predicted octanol–water partition coefficient (Wildman–Crippen LogP) is 5.81. The number of aryl methyl sites for hydroxylation is 1. The Morgan fingerprint density at radius 1 is 1.05 bits per heavy atom. The average Bonchev–Trinajstić information content (AvgIpc) is 3.56. The zero-order valence-electron chi connectivity index (χ0n) is 25.6. The fourth-order valence-corrected chi connectivity index (χ4v) is 6.49. The van der Waals surface area contributed by atoms with E-state index < -0.39 is 41.6 Å². The van der Waals surface area contributed by atoms with Crippen molar-refractivity contribution in [3.63, 3.8) is 0 Å². The summed E-state index contributed by atoms with van der Waals surface area (Å²) in [5.74, 6) is -1.76. The van der Waals surface area contributed by atoms with Crippen LogP contribution >= 0.6 is 0 Å².